The molecule has 32 heavy (non-hydrogen) atoms. The van der Waals surface area contributed by atoms with Gasteiger partial charge in [0.05, 0.1) is 19.6 Å². The number of likely N-dealkylation sites (tertiary alicyclic amines) is 1. The fourth-order valence-corrected chi connectivity index (χ4v) is 4.03. The van der Waals surface area contributed by atoms with Crippen LogP contribution in [0.1, 0.15) is 24.0 Å². The third kappa shape index (κ3) is 5.20. The van der Waals surface area contributed by atoms with Crippen molar-refractivity contribution in [1.29, 1.82) is 0 Å². The molecule has 0 aliphatic carbocycles. The molecule has 2 aromatic rings. The number of halogens is 1. The van der Waals surface area contributed by atoms with Crippen LogP contribution in [0.4, 0.5) is 11.6 Å². The van der Waals surface area contributed by atoms with Crippen molar-refractivity contribution in [3.8, 4) is 11.9 Å². The number of aromatic nitrogens is 3. The number of methoxy groups -OCH3 is 1. The van der Waals surface area contributed by atoms with Crippen LogP contribution in [0.2, 0.25) is 5.02 Å². The highest BCUT2D eigenvalue weighted by atomic mass is 35.5. The Kier molecular flexibility index (Phi) is 7.23. The van der Waals surface area contributed by atoms with Gasteiger partial charge in [0.15, 0.2) is 0 Å². The summed E-state index contributed by atoms with van der Waals surface area (Å²) in [6.07, 6.45) is 4.27. The number of anilines is 2. The normalized spacial score (nSPS) is 15.9. The lowest BCUT2D eigenvalue weighted by molar-refractivity contribution is -0.117. The van der Waals surface area contributed by atoms with Crippen molar-refractivity contribution in [3.63, 3.8) is 0 Å². The van der Waals surface area contributed by atoms with Gasteiger partial charge in [0.1, 0.15) is 29.9 Å². The summed E-state index contributed by atoms with van der Waals surface area (Å²) in [6.45, 7) is 4.53. The molecule has 4 rings (SSSR count). The number of hydrogen-bond acceptors (Lipinski definition) is 9. The Bertz CT molecular complexity index is 970. The van der Waals surface area contributed by atoms with Gasteiger partial charge in [-0.3, -0.25) is 14.6 Å². The summed E-state index contributed by atoms with van der Waals surface area (Å²) in [5.74, 6) is 0.938. The lowest BCUT2D eigenvalue weighted by atomic mass is 10.2. The van der Waals surface area contributed by atoms with E-state index in [2.05, 4.69) is 19.9 Å². The van der Waals surface area contributed by atoms with E-state index in [0.29, 0.717) is 35.5 Å². The SMILES string of the molecule is COCCOc1nc(N)c2c(n1)N(Cc1cnc(OCCN3CCCC3)c(Cl)c1)C(=O)C2. The van der Waals surface area contributed by atoms with Gasteiger partial charge in [-0.1, -0.05) is 11.6 Å². The molecular weight excluding hydrogens is 436 g/mol. The van der Waals surface area contributed by atoms with Gasteiger partial charge >= 0.3 is 6.01 Å². The molecule has 1 fully saturated rings. The average Bonchev–Trinajstić information content (AvgIpc) is 3.39. The smallest absolute Gasteiger partial charge is 0.320 e. The Morgan fingerprint density at radius 2 is 1.97 bits per heavy atom. The van der Waals surface area contributed by atoms with Crippen molar-refractivity contribution < 1.29 is 19.0 Å². The number of rotatable bonds is 10. The monoisotopic (exact) mass is 462 g/mol. The van der Waals surface area contributed by atoms with Gasteiger partial charge in [-0.05, 0) is 37.6 Å². The molecule has 0 aromatic carbocycles. The van der Waals surface area contributed by atoms with Crippen LogP contribution in [-0.2, 0) is 22.5 Å². The summed E-state index contributed by atoms with van der Waals surface area (Å²) in [7, 11) is 1.57. The first-order valence-corrected chi connectivity index (χ1v) is 11.0. The van der Waals surface area contributed by atoms with Crippen LogP contribution in [0.15, 0.2) is 12.3 Å². The van der Waals surface area contributed by atoms with Gasteiger partial charge < -0.3 is 19.9 Å². The van der Waals surface area contributed by atoms with E-state index in [0.717, 1.165) is 25.2 Å². The van der Waals surface area contributed by atoms with Crippen molar-refractivity contribution in [2.75, 3.05) is 57.2 Å². The van der Waals surface area contributed by atoms with Crippen LogP contribution < -0.4 is 20.1 Å². The second-order valence-corrected chi connectivity index (χ2v) is 8.13. The number of hydrogen-bond donors (Lipinski definition) is 1. The number of nitrogens with zero attached hydrogens (tertiary/aromatic N) is 5. The topological polar surface area (TPSA) is 116 Å². The number of fused-ring (bicyclic) bond motifs is 1. The maximum Gasteiger partial charge on any atom is 0.320 e. The lowest BCUT2D eigenvalue weighted by Gasteiger charge is -2.18. The van der Waals surface area contributed by atoms with Crippen LogP contribution in [0.5, 0.6) is 11.9 Å². The van der Waals surface area contributed by atoms with Crippen molar-refractivity contribution in [3.05, 3.63) is 28.4 Å². The second kappa shape index (κ2) is 10.3. The van der Waals surface area contributed by atoms with Gasteiger partial charge in [-0.15, -0.1) is 0 Å². The average molecular weight is 463 g/mol. The number of carbonyl (C=O) groups excluding carboxylic acids is 1. The van der Waals surface area contributed by atoms with Crippen LogP contribution in [0.25, 0.3) is 0 Å². The molecule has 2 N–H and O–H groups in total. The first kappa shape index (κ1) is 22.5. The fourth-order valence-electron chi connectivity index (χ4n) is 3.79. The number of carbonyl (C=O) groups is 1. The van der Waals surface area contributed by atoms with Gasteiger partial charge in [0.2, 0.25) is 11.8 Å². The highest BCUT2D eigenvalue weighted by Gasteiger charge is 2.32. The molecule has 0 unspecified atom stereocenters. The molecule has 11 heteroatoms. The van der Waals surface area contributed by atoms with E-state index in [9.17, 15) is 4.79 Å². The highest BCUT2D eigenvalue weighted by Crippen LogP contribution is 2.33. The zero-order valence-corrected chi connectivity index (χ0v) is 18.8. The molecule has 4 heterocycles. The molecule has 0 bridgehead atoms. The molecule has 0 radical (unpaired) electrons. The Morgan fingerprint density at radius 1 is 1.16 bits per heavy atom. The highest BCUT2D eigenvalue weighted by molar-refractivity contribution is 6.31. The predicted molar refractivity (Wildman–Crippen MR) is 119 cm³/mol. The second-order valence-electron chi connectivity index (χ2n) is 7.72. The number of ether oxygens (including phenoxy) is 3. The third-order valence-electron chi connectivity index (χ3n) is 5.45. The Labute approximate surface area is 191 Å². The molecule has 2 aromatic heterocycles. The summed E-state index contributed by atoms with van der Waals surface area (Å²) in [6, 6.07) is 1.86. The van der Waals surface area contributed by atoms with Gasteiger partial charge in [-0.2, -0.15) is 9.97 Å². The maximum atomic E-state index is 12.6. The Morgan fingerprint density at radius 3 is 2.72 bits per heavy atom. The minimum Gasteiger partial charge on any atom is -0.475 e. The number of nitrogen functional groups attached to an aromatic ring is 1. The largest absolute Gasteiger partial charge is 0.475 e. The molecule has 0 saturated carbocycles. The molecular formula is C21H27ClN6O4. The first-order chi connectivity index (χ1) is 15.5. The number of amides is 1. The van der Waals surface area contributed by atoms with E-state index in [4.69, 9.17) is 31.5 Å². The van der Waals surface area contributed by atoms with Crippen molar-refractivity contribution in [2.24, 2.45) is 0 Å². The van der Waals surface area contributed by atoms with E-state index in [1.165, 1.54) is 17.7 Å². The van der Waals surface area contributed by atoms with Gasteiger partial charge in [0, 0.05) is 25.4 Å². The standard InChI is InChI=1S/C21H27ClN6O4/c1-30-8-9-32-21-25-18(23)15-11-17(29)28(19(15)26-21)13-14-10-16(22)20(24-12-14)31-7-6-27-4-2-3-5-27/h10,12H,2-9,11,13H2,1H3,(H2,23,25,26). The van der Waals surface area contributed by atoms with Crippen molar-refractivity contribution >= 4 is 29.1 Å². The molecule has 1 saturated heterocycles. The minimum absolute atomic E-state index is 0.107. The summed E-state index contributed by atoms with van der Waals surface area (Å²) < 4.78 is 16.2. The molecule has 0 spiro atoms. The van der Waals surface area contributed by atoms with Crippen LogP contribution in [-0.4, -0.2) is 72.3 Å². The zero-order valence-electron chi connectivity index (χ0n) is 18.1. The van der Waals surface area contributed by atoms with E-state index in [1.54, 1.807) is 19.4 Å². The van der Waals surface area contributed by atoms with E-state index in [1.807, 2.05) is 0 Å². The maximum absolute atomic E-state index is 12.6. The van der Waals surface area contributed by atoms with E-state index >= 15 is 0 Å². The molecule has 172 valence electrons. The number of nitrogens with two attached hydrogens (primary N) is 1. The summed E-state index contributed by atoms with van der Waals surface area (Å²) in [4.78, 5) is 29.4. The Balaban J connectivity index is 1.42. The molecule has 2 aliphatic rings. The Hall–Kier alpha value is -2.69. The summed E-state index contributed by atoms with van der Waals surface area (Å²) in [5.41, 5.74) is 7.38. The molecule has 0 atom stereocenters. The number of pyridine rings is 1. The zero-order chi connectivity index (χ0) is 22.5. The minimum atomic E-state index is -0.128. The van der Waals surface area contributed by atoms with Crippen LogP contribution in [0.3, 0.4) is 0 Å². The molecule has 10 nitrogen and oxygen atoms in total. The first-order valence-electron chi connectivity index (χ1n) is 10.6. The molecule has 2 aliphatic heterocycles. The fraction of sp³-hybridized carbons (Fsp3) is 0.524. The predicted octanol–water partition coefficient (Wildman–Crippen LogP) is 1.70. The lowest BCUT2D eigenvalue weighted by Crippen LogP contribution is -2.27. The third-order valence-corrected chi connectivity index (χ3v) is 5.72. The summed E-state index contributed by atoms with van der Waals surface area (Å²) >= 11 is 6.39. The quantitative estimate of drug-likeness (QED) is 0.526. The molecule has 1 amide bonds. The van der Waals surface area contributed by atoms with E-state index in [-0.39, 0.29) is 37.3 Å². The van der Waals surface area contributed by atoms with Gasteiger partial charge in [0.25, 0.3) is 0 Å². The van der Waals surface area contributed by atoms with Crippen molar-refractivity contribution in [1.82, 2.24) is 19.9 Å². The van der Waals surface area contributed by atoms with Gasteiger partial charge in [-0.25, -0.2) is 4.98 Å². The van der Waals surface area contributed by atoms with Crippen molar-refractivity contribution in [2.45, 2.75) is 25.8 Å². The van der Waals surface area contributed by atoms with E-state index < -0.39 is 0 Å². The summed E-state index contributed by atoms with van der Waals surface area (Å²) in [5, 5.41) is 0.404. The van der Waals surface area contributed by atoms with Crippen LogP contribution >= 0.6 is 11.6 Å². The van der Waals surface area contributed by atoms with Crippen LogP contribution in [0, 0.1) is 0 Å².